The minimum Gasteiger partial charge on any atom is -0.393 e. The summed E-state index contributed by atoms with van der Waals surface area (Å²) in [5, 5.41) is 11.8. The number of hydrogen-bond acceptors (Lipinski definition) is 4. The van der Waals surface area contributed by atoms with Crippen molar-refractivity contribution in [3.63, 3.8) is 0 Å². The number of imidazole rings is 1. The Bertz CT molecular complexity index is 423. The molecule has 0 saturated heterocycles. The third kappa shape index (κ3) is 2.61. The molecule has 0 spiro atoms. The topological polar surface area (TPSA) is 46.8 Å². The Balaban J connectivity index is 1.96. The minimum atomic E-state index is -0.389. The van der Waals surface area contributed by atoms with Gasteiger partial charge in [-0.3, -0.25) is 4.40 Å². The Morgan fingerprint density at radius 3 is 3.12 bits per heavy atom. The Kier molecular flexibility index (Phi) is 3.58. The van der Waals surface area contributed by atoms with E-state index in [2.05, 4.69) is 4.98 Å². The molecular formula is C11H16N2O2S. The fourth-order valence-corrected chi connectivity index (χ4v) is 2.40. The predicted octanol–water partition coefficient (Wildman–Crippen LogP) is 1.72. The van der Waals surface area contributed by atoms with Crippen molar-refractivity contribution in [3.05, 3.63) is 23.5 Å². The van der Waals surface area contributed by atoms with Crippen molar-refractivity contribution in [3.8, 4) is 0 Å². The van der Waals surface area contributed by atoms with E-state index in [4.69, 9.17) is 4.74 Å². The molecule has 2 atom stereocenters. The fourth-order valence-electron chi connectivity index (χ4n) is 1.68. The summed E-state index contributed by atoms with van der Waals surface area (Å²) in [6.07, 6.45) is 4.86. The van der Waals surface area contributed by atoms with E-state index in [1.165, 1.54) is 0 Å². The molecule has 16 heavy (non-hydrogen) atoms. The summed E-state index contributed by atoms with van der Waals surface area (Å²) in [5.41, 5.74) is 0.933. The van der Waals surface area contributed by atoms with E-state index < -0.39 is 0 Å². The van der Waals surface area contributed by atoms with Crippen molar-refractivity contribution < 1.29 is 9.84 Å². The van der Waals surface area contributed by atoms with Gasteiger partial charge >= 0.3 is 0 Å². The Morgan fingerprint density at radius 1 is 1.62 bits per heavy atom. The van der Waals surface area contributed by atoms with Gasteiger partial charge in [-0.15, -0.1) is 11.3 Å². The molecule has 0 radical (unpaired) electrons. The highest BCUT2D eigenvalue weighted by molar-refractivity contribution is 7.15. The van der Waals surface area contributed by atoms with E-state index in [1.807, 2.05) is 29.1 Å². The quantitative estimate of drug-likeness (QED) is 0.865. The smallest absolute Gasteiger partial charge is 0.193 e. The lowest BCUT2D eigenvalue weighted by atomic mass is 10.1. The molecular weight excluding hydrogens is 224 g/mol. The van der Waals surface area contributed by atoms with E-state index in [9.17, 15) is 5.11 Å². The van der Waals surface area contributed by atoms with Crippen molar-refractivity contribution in [2.45, 2.75) is 32.0 Å². The molecule has 0 saturated carbocycles. The highest BCUT2D eigenvalue weighted by Gasteiger charge is 2.12. The SMILES string of the molecule is COC(C)CC(O)Cc1cn2ccsc2n1. The zero-order valence-corrected chi connectivity index (χ0v) is 10.3. The molecule has 2 rings (SSSR count). The second-order valence-electron chi connectivity index (χ2n) is 3.97. The van der Waals surface area contributed by atoms with Crippen LogP contribution in [0.25, 0.3) is 4.96 Å². The van der Waals surface area contributed by atoms with Gasteiger partial charge in [-0.1, -0.05) is 0 Å². The van der Waals surface area contributed by atoms with Crippen molar-refractivity contribution in [2.75, 3.05) is 7.11 Å². The van der Waals surface area contributed by atoms with E-state index in [-0.39, 0.29) is 12.2 Å². The highest BCUT2D eigenvalue weighted by Crippen LogP contribution is 2.14. The lowest BCUT2D eigenvalue weighted by molar-refractivity contribution is 0.0562. The summed E-state index contributed by atoms with van der Waals surface area (Å²) in [6.45, 7) is 1.95. The molecule has 2 unspecified atom stereocenters. The standard InChI is InChI=1S/C11H16N2O2S/c1-8(15-2)5-10(14)6-9-7-13-3-4-16-11(13)12-9/h3-4,7-8,10,14H,5-6H2,1-2H3. The maximum absolute atomic E-state index is 9.84. The van der Waals surface area contributed by atoms with Crippen LogP contribution >= 0.6 is 11.3 Å². The summed E-state index contributed by atoms with van der Waals surface area (Å²) in [6, 6.07) is 0. The molecule has 2 heterocycles. The molecule has 4 nitrogen and oxygen atoms in total. The molecule has 0 aliphatic rings. The van der Waals surface area contributed by atoms with Crippen LogP contribution in [-0.2, 0) is 11.2 Å². The van der Waals surface area contributed by atoms with Gasteiger partial charge in [0, 0.05) is 31.3 Å². The molecule has 1 N–H and O–H groups in total. The van der Waals surface area contributed by atoms with E-state index in [0.29, 0.717) is 12.8 Å². The summed E-state index contributed by atoms with van der Waals surface area (Å²) >= 11 is 1.60. The van der Waals surface area contributed by atoms with Crippen LogP contribution in [-0.4, -0.2) is 33.8 Å². The number of fused-ring (bicyclic) bond motifs is 1. The van der Waals surface area contributed by atoms with Gasteiger partial charge in [-0.2, -0.15) is 0 Å². The highest BCUT2D eigenvalue weighted by atomic mass is 32.1. The van der Waals surface area contributed by atoms with E-state index in [1.54, 1.807) is 18.4 Å². The molecule has 0 fully saturated rings. The minimum absolute atomic E-state index is 0.0822. The van der Waals surface area contributed by atoms with Gasteiger partial charge in [0.1, 0.15) is 0 Å². The first-order chi connectivity index (χ1) is 7.69. The number of aromatic nitrogens is 2. The Hall–Kier alpha value is -0.910. The number of aliphatic hydroxyl groups excluding tert-OH is 1. The van der Waals surface area contributed by atoms with Gasteiger partial charge in [0.25, 0.3) is 0 Å². The zero-order chi connectivity index (χ0) is 11.5. The van der Waals surface area contributed by atoms with Crippen LogP contribution in [0, 0.1) is 0 Å². The number of ether oxygens (including phenoxy) is 1. The molecule has 0 amide bonds. The summed E-state index contributed by atoms with van der Waals surface area (Å²) in [4.78, 5) is 5.40. The molecule has 2 aromatic heterocycles. The Morgan fingerprint density at radius 2 is 2.44 bits per heavy atom. The van der Waals surface area contributed by atoms with Gasteiger partial charge < -0.3 is 9.84 Å². The molecule has 0 aromatic carbocycles. The number of thiazole rings is 1. The first-order valence-corrected chi connectivity index (χ1v) is 6.19. The van der Waals surface area contributed by atoms with Crippen molar-refractivity contribution in [1.29, 1.82) is 0 Å². The second-order valence-corrected chi connectivity index (χ2v) is 4.84. The average Bonchev–Trinajstić information content (AvgIpc) is 2.77. The largest absolute Gasteiger partial charge is 0.393 e. The number of nitrogens with zero attached hydrogens (tertiary/aromatic N) is 2. The summed E-state index contributed by atoms with van der Waals surface area (Å²) in [5.74, 6) is 0. The molecule has 0 bridgehead atoms. The van der Waals surface area contributed by atoms with Crippen LogP contribution in [0.2, 0.25) is 0 Å². The van der Waals surface area contributed by atoms with Gasteiger partial charge in [0.2, 0.25) is 0 Å². The first-order valence-electron chi connectivity index (χ1n) is 5.31. The Labute approximate surface area is 98.5 Å². The van der Waals surface area contributed by atoms with Crippen LogP contribution in [0.15, 0.2) is 17.8 Å². The first kappa shape index (κ1) is 11.6. The lowest BCUT2D eigenvalue weighted by Gasteiger charge is -2.13. The van der Waals surface area contributed by atoms with Crippen LogP contribution in [0.3, 0.4) is 0 Å². The molecule has 0 aliphatic carbocycles. The number of aliphatic hydroxyl groups is 1. The van der Waals surface area contributed by atoms with E-state index >= 15 is 0 Å². The summed E-state index contributed by atoms with van der Waals surface area (Å²) < 4.78 is 7.10. The van der Waals surface area contributed by atoms with Crippen molar-refractivity contribution >= 4 is 16.3 Å². The number of rotatable bonds is 5. The van der Waals surface area contributed by atoms with Gasteiger partial charge in [-0.25, -0.2) is 4.98 Å². The molecule has 5 heteroatoms. The fraction of sp³-hybridized carbons (Fsp3) is 0.545. The lowest BCUT2D eigenvalue weighted by Crippen LogP contribution is -2.19. The third-order valence-corrected chi connectivity index (χ3v) is 3.37. The van der Waals surface area contributed by atoms with Crippen molar-refractivity contribution in [2.24, 2.45) is 0 Å². The average molecular weight is 240 g/mol. The molecule has 2 aromatic rings. The predicted molar refractivity (Wildman–Crippen MR) is 63.9 cm³/mol. The van der Waals surface area contributed by atoms with E-state index in [0.717, 1.165) is 10.7 Å². The number of hydrogen-bond donors (Lipinski definition) is 1. The van der Waals surface area contributed by atoms with Crippen LogP contribution < -0.4 is 0 Å². The van der Waals surface area contributed by atoms with Gasteiger partial charge in [0.15, 0.2) is 4.96 Å². The van der Waals surface area contributed by atoms with Crippen LogP contribution in [0.1, 0.15) is 19.0 Å². The maximum atomic E-state index is 9.84. The normalized spacial score (nSPS) is 15.4. The van der Waals surface area contributed by atoms with Gasteiger partial charge in [0.05, 0.1) is 17.9 Å². The second kappa shape index (κ2) is 4.95. The molecule has 0 aliphatic heterocycles. The van der Waals surface area contributed by atoms with Gasteiger partial charge in [-0.05, 0) is 13.3 Å². The van der Waals surface area contributed by atoms with Crippen LogP contribution in [0.5, 0.6) is 0 Å². The van der Waals surface area contributed by atoms with Crippen molar-refractivity contribution in [1.82, 2.24) is 9.38 Å². The zero-order valence-electron chi connectivity index (χ0n) is 9.46. The maximum Gasteiger partial charge on any atom is 0.193 e. The monoisotopic (exact) mass is 240 g/mol. The molecule has 88 valence electrons. The van der Waals surface area contributed by atoms with Crippen LogP contribution in [0.4, 0.5) is 0 Å². The summed E-state index contributed by atoms with van der Waals surface area (Å²) in [7, 11) is 1.66. The number of methoxy groups -OCH3 is 1. The third-order valence-electron chi connectivity index (χ3n) is 2.59.